The summed E-state index contributed by atoms with van der Waals surface area (Å²) in [4.78, 5) is 22.6. The van der Waals surface area contributed by atoms with Crippen LogP contribution in [0, 0.1) is 6.92 Å². The third kappa shape index (κ3) is 5.96. The molecule has 5 nitrogen and oxygen atoms in total. The van der Waals surface area contributed by atoms with Crippen molar-refractivity contribution in [1.29, 1.82) is 0 Å². The number of hydrogen-bond acceptors (Lipinski definition) is 3. The Labute approximate surface area is 163 Å². The fraction of sp³-hybridized carbons (Fsp3) is 0.444. The molecule has 2 aromatic rings. The number of alkyl halides is 6. The maximum absolute atomic E-state index is 13.4. The zero-order chi connectivity index (χ0) is 22.0. The van der Waals surface area contributed by atoms with Crippen molar-refractivity contribution < 1.29 is 31.1 Å². The molecule has 29 heavy (non-hydrogen) atoms. The van der Waals surface area contributed by atoms with E-state index in [4.69, 9.17) is 0 Å². The molecule has 1 N–H and O–H groups in total. The molecule has 11 heteroatoms. The van der Waals surface area contributed by atoms with Crippen LogP contribution in [-0.2, 0) is 18.9 Å². The number of nitrogens with one attached hydrogen (secondary N) is 1. The van der Waals surface area contributed by atoms with E-state index in [1.807, 2.05) is 0 Å². The summed E-state index contributed by atoms with van der Waals surface area (Å²) in [6.45, 7) is 2.03. The van der Waals surface area contributed by atoms with Crippen LogP contribution in [0.5, 0.6) is 0 Å². The molecule has 0 atom stereocenters. The fourth-order valence-corrected chi connectivity index (χ4v) is 2.64. The number of halogens is 6. The third-order valence-electron chi connectivity index (χ3n) is 4.10. The van der Waals surface area contributed by atoms with Crippen LogP contribution in [0.3, 0.4) is 0 Å². The predicted molar refractivity (Wildman–Crippen MR) is 93.1 cm³/mol. The standard InChI is InChI=1S/C18H20F6N4O/c1-11-25-9-13(26-11)10-28(7-6-27(2)3)16(29)14-5-4-12(17(19,20)21)8-15(14)18(22,23)24/h4-5,8-9H,6-7,10H2,1-3H3,(H,25,26). The minimum absolute atomic E-state index is 0.0301. The maximum atomic E-state index is 13.4. The van der Waals surface area contributed by atoms with Crippen molar-refractivity contribution in [3.63, 3.8) is 0 Å². The van der Waals surface area contributed by atoms with Crippen LogP contribution in [0.15, 0.2) is 24.4 Å². The van der Waals surface area contributed by atoms with Gasteiger partial charge in [0.05, 0.1) is 35.1 Å². The van der Waals surface area contributed by atoms with Gasteiger partial charge < -0.3 is 14.8 Å². The number of carbonyl (C=O) groups excluding carboxylic acids is 1. The Morgan fingerprint density at radius 1 is 1.07 bits per heavy atom. The van der Waals surface area contributed by atoms with E-state index in [2.05, 4.69) is 9.97 Å². The van der Waals surface area contributed by atoms with Crippen LogP contribution in [0.1, 0.15) is 33.0 Å². The Hall–Kier alpha value is -2.56. The number of rotatable bonds is 6. The van der Waals surface area contributed by atoms with Gasteiger partial charge in [0.1, 0.15) is 5.82 Å². The molecule has 1 aromatic heterocycles. The lowest BCUT2D eigenvalue weighted by molar-refractivity contribution is -0.143. The third-order valence-corrected chi connectivity index (χ3v) is 4.10. The molecule has 0 spiro atoms. The van der Waals surface area contributed by atoms with Crippen molar-refractivity contribution in [3.8, 4) is 0 Å². The first kappa shape index (κ1) is 22.7. The van der Waals surface area contributed by atoms with Gasteiger partial charge in [-0.1, -0.05) is 0 Å². The number of aromatic amines is 1. The summed E-state index contributed by atoms with van der Waals surface area (Å²) >= 11 is 0. The topological polar surface area (TPSA) is 52.2 Å². The summed E-state index contributed by atoms with van der Waals surface area (Å²) in [6, 6.07) is 1.03. The van der Waals surface area contributed by atoms with E-state index >= 15 is 0 Å². The second kappa shape index (κ2) is 8.44. The molecule has 0 saturated heterocycles. The normalized spacial score (nSPS) is 12.5. The number of carbonyl (C=O) groups is 1. The van der Waals surface area contributed by atoms with Gasteiger partial charge in [0.2, 0.25) is 0 Å². The highest BCUT2D eigenvalue weighted by molar-refractivity contribution is 5.96. The van der Waals surface area contributed by atoms with E-state index in [-0.39, 0.29) is 19.2 Å². The number of H-pyrrole nitrogens is 1. The van der Waals surface area contributed by atoms with Crippen LogP contribution in [-0.4, -0.2) is 52.9 Å². The quantitative estimate of drug-likeness (QED) is 0.717. The molecule has 0 bridgehead atoms. The summed E-state index contributed by atoms with van der Waals surface area (Å²) < 4.78 is 78.9. The first-order valence-electron chi connectivity index (χ1n) is 8.52. The summed E-state index contributed by atoms with van der Waals surface area (Å²) in [5.41, 5.74) is -3.42. The Morgan fingerprint density at radius 3 is 2.21 bits per heavy atom. The van der Waals surface area contributed by atoms with E-state index in [0.717, 1.165) is 4.90 Å². The molecule has 1 amide bonds. The van der Waals surface area contributed by atoms with Gasteiger partial charge >= 0.3 is 12.4 Å². The number of imidazole rings is 1. The Morgan fingerprint density at radius 2 is 1.72 bits per heavy atom. The Balaban J connectivity index is 2.45. The van der Waals surface area contributed by atoms with E-state index in [9.17, 15) is 31.1 Å². The molecule has 1 aromatic carbocycles. The average Bonchev–Trinajstić information content (AvgIpc) is 3.00. The lowest BCUT2D eigenvalue weighted by Crippen LogP contribution is -2.37. The SMILES string of the molecule is Cc1ncc(CN(CCN(C)C)C(=O)c2ccc(C(F)(F)F)cc2C(F)(F)F)[nH]1. The number of amides is 1. The van der Waals surface area contributed by atoms with Crippen molar-refractivity contribution in [3.05, 3.63) is 52.6 Å². The molecular weight excluding hydrogens is 402 g/mol. The number of likely N-dealkylation sites (N-methyl/N-ethyl adjacent to an activating group) is 1. The predicted octanol–water partition coefficient (Wildman–Crippen LogP) is 3.96. The van der Waals surface area contributed by atoms with Gasteiger partial charge in [-0.05, 0) is 39.2 Å². The molecule has 0 aliphatic rings. The highest BCUT2D eigenvalue weighted by Gasteiger charge is 2.40. The van der Waals surface area contributed by atoms with E-state index in [1.54, 1.807) is 25.9 Å². The monoisotopic (exact) mass is 422 g/mol. The summed E-state index contributed by atoms with van der Waals surface area (Å²) in [7, 11) is 3.45. The zero-order valence-electron chi connectivity index (χ0n) is 15.9. The molecule has 0 aliphatic carbocycles. The molecule has 0 saturated carbocycles. The first-order valence-corrected chi connectivity index (χ1v) is 8.52. The lowest BCUT2D eigenvalue weighted by Gasteiger charge is -2.25. The van der Waals surface area contributed by atoms with Gasteiger partial charge in [-0.25, -0.2) is 4.98 Å². The van der Waals surface area contributed by atoms with Crippen LogP contribution in [0.4, 0.5) is 26.3 Å². The number of aryl methyl sites for hydroxylation is 1. The lowest BCUT2D eigenvalue weighted by atomic mass is 10.0. The van der Waals surface area contributed by atoms with Gasteiger partial charge in [-0.15, -0.1) is 0 Å². The van der Waals surface area contributed by atoms with E-state index in [1.165, 1.54) is 6.20 Å². The van der Waals surface area contributed by atoms with Gasteiger partial charge in [0, 0.05) is 13.1 Å². The zero-order valence-corrected chi connectivity index (χ0v) is 15.9. The van der Waals surface area contributed by atoms with Crippen molar-refractivity contribution in [1.82, 2.24) is 19.8 Å². The average molecular weight is 422 g/mol. The van der Waals surface area contributed by atoms with E-state index in [0.29, 0.717) is 30.2 Å². The molecule has 0 aliphatic heterocycles. The fourth-order valence-electron chi connectivity index (χ4n) is 2.64. The second-order valence-corrected chi connectivity index (χ2v) is 6.78. The highest BCUT2D eigenvalue weighted by atomic mass is 19.4. The first-order chi connectivity index (χ1) is 13.3. The molecule has 0 unspecified atom stereocenters. The number of hydrogen-bond donors (Lipinski definition) is 1. The maximum Gasteiger partial charge on any atom is 0.417 e. The Bertz CT molecular complexity index is 857. The molecule has 0 radical (unpaired) electrons. The molecular formula is C18H20F6N4O. The summed E-state index contributed by atoms with van der Waals surface area (Å²) in [5.74, 6) is -0.453. The van der Waals surface area contributed by atoms with Crippen molar-refractivity contribution in [2.24, 2.45) is 0 Å². The minimum Gasteiger partial charge on any atom is -0.345 e. The van der Waals surface area contributed by atoms with Crippen LogP contribution in [0.25, 0.3) is 0 Å². The van der Waals surface area contributed by atoms with Gasteiger partial charge in [-0.3, -0.25) is 4.79 Å². The smallest absolute Gasteiger partial charge is 0.345 e. The molecule has 0 fully saturated rings. The van der Waals surface area contributed by atoms with Crippen LogP contribution in [0.2, 0.25) is 0 Å². The molecule has 160 valence electrons. The van der Waals surface area contributed by atoms with Crippen molar-refractivity contribution in [2.45, 2.75) is 25.8 Å². The second-order valence-electron chi connectivity index (χ2n) is 6.78. The van der Waals surface area contributed by atoms with Crippen molar-refractivity contribution in [2.75, 3.05) is 27.2 Å². The summed E-state index contributed by atoms with van der Waals surface area (Å²) in [5, 5.41) is 0. The van der Waals surface area contributed by atoms with Crippen LogP contribution >= 0.6 is 0 Å². The van der Waals surface area contributed by atoms with Crippen molar-refractivity contribution >= 4 is 5.91 Å². The number of nitrogens with zero attached hydrogens (tertiary/aromatic N) is 3. The molecule has 1 heterocycles. The van der Waals surface area contributed by atoms with Gasteiger partial charge in [-0.2, -0.15) is 26.3 Å². The largest absolute Gasteiger partial charge is 0.417 e. The van der Waals surface area contributed by atoms with E-state index < -0.39 is 35.0 Å². The number of aromatic nitrogens is 2. The van der Waals surface area contributed by atoms with Gasteiger partial charge in [0.25, 0.3) is 5.91 Å². The Kier molecular flexibility index (Phi) is 6.61. The highest BCUT2D eigenvalue weighted by Crippen LogP contribution is 2.37. The molecule has 2 rings (SSSR count). The minimum atomic E-state index is -5.12. The summed E-state index contributed by atoms with van der Waals surface area (Å²) in [6.07, 6.45) is -8.63. The van der Waals surface area contributed by atoms with Crippen LogP contribution < -0.4 is 0 Å². The number of benzene rings is 1. The van der Waals surface area contributed by atoms with Gasteiger partial charge in [0.15, 0.2) is 0 Å².